The van der Waals surface area contributed by atoms with E-state index in [1.165, 1.54) is 0 Å². The molecule has 0 saturated heterocycles. The number of halogens is 1. The fourth-order valence-corrected chi connectivity index (χ4v) is 1.61. The molecule has 1 amide bonds. The van der Waals surface area contributed by atoms with Gasteiger partial charge in [0.25, 0.3) is 0 Å². The van der Waals surface area contributed by atoms with Crippen molar-refractivity contribution in [3.05, 3.63) is 0 Å². The SMILES string of the molecule is COCCN(C)CCNC(=O)CCCCBr. The molecule has 0 saturated carbocycles. The number of alkyl halides is 1. The van der Waals surface area contributed by atoms with E-state index in [1.54, 1.807) is 7.11 Å². The van der Waals surface area contributed by atoms with Crippen LogP contribution in [-0.2, 0) is 9.53 Å². The predicted octanol–water partition coefficient (Wildman–Crippen LogP) is 1.25. The minimum atomic E-state index is 0.154. The van der Waals surface area contributed by atoms with Crippen LogP contribution < -0.4 is 5.32 Å². The Hall–Kier alpha value is -0.130. The third-order valence-corrected chi connectivity index (χ3v) is 2.84. The largest absolute Gasteiger partial charge is 0.383 e. The summed E-state index contributed by atoms with van der Waals surface area (Å²) in [5, 5.41) is 3.88. The molecule has 16 heavy (non-hydrogen) atoms. The molecule has 0 aliphatic heterocycles. The summed E-state index contributed by atoms with van der Waals surface area (Å²) in [7, 11) is 3.72. The van der Waals surface area contributed by atoms with Crippen molar-refractivity contribution in [2.75, 3.05) is 45.7 Å². The van der Waals surface area contributed by atoms with Crippen molar-refractivity contribution in [1.82, 2.24) is 10.2 Å². The lowest BCUT2D eigenvalue weighted by Crippen LogP contribution is -2.34. The van der Waals surface area contributed by atoms with Crippen LogP contribution in [0.1, 0.15) is 19.3 Å². The van der Waals surface area contributed by atoms with Gasteiger partial charge in [0.15, 0.2) is 0 Å². The van der Waals surface area contributed by atoms with E-state index in [4.69, 9.17) is 4.74 Å². The van der Waals surface area contributed by atoms with Gasteiger partial charge in [-0.2, -0.15) is 0 Å². The minimum absolute atomic E-state index is 0.154. The van der Waals surface area contributed by atoms with Gasteiger partial charge in [-0.15, -0.1) is 0 Å². The van der Waals surface area contributed by atoms with Crippen molar-refractivity contribution in [3.8, 4) is 0 Å². The van der Waals surface area contributed by atoms with Crippen molar-refractivity contribution >= 4 is 21.8 Å². The molecule has 0 aromatic rings. The highest BCUT2D eigenvalue weighted by Gasteiger charge is 2.01. The Labute approximate surface area is 107 Å². The zero-order chi connectivity index (χ0) is 12.2. The Bertz CT molecular complexity index is 179. The average molecular weight is 295 g/mol. The molecule has 0 bridgehead atoms. The van der Waals surface area contributed by atoms with Gasteiger partial charge in [-0.1, -0.05) is 15.9 Å². The van der Waals surface area contributed by atoms with Crippen molar-refractivity contribution < 1.29 is 9.53 Å². The summed E-state index contributed by atoms with van der Waals surface area (Å²) < 4.78 is 4.97. The van der Waals surface area contributed by atoms with E-state index in [1.807, 2.05) is 7.05 Å². The molecule has 0 aromatic carbocycles. The number of hydrogen-bond acceptors (Lipinski definition) is 3. The first-order valence-electron chi connectivity index (χ1n) is 5.71. The smallest absolute Gasteiger partial charge is 0.220 e. The third-order valence-electron chi connectivity index (χ3n) is 2.28. The highest BCUT2D eigenvalue weighted by atomic mass is 79.9. The minimum Gasteiger partial charge on any atom is -0.383 e. The van der Waals surface area contributed by atoms with Gasteiger partial charge in [-0.3, -0.25) is 4.79 Å². The molecule has 1 N–H and O–H groups in total. The maximum atomic E-state index is 11.3. The molecule has 5 heteroatoms. The van der Waals surface area contributed by atoms with E-state index in [-0.39, 0.29) is 5.91 Å². The summed E-state index contributed by atoms with van der Waals surface area (Å²) in [5.41, 5.74) is 0. The van der Waals surface area contributed by atoms with E-state index in [9.17, 15) is 4.79 Å². The second kappa shape index (κ2) is 11.4. The molecular weight excluding hydrogens is 272 g/mol. The molecule has 96 valence electrons. The van der Waals surface area contributed by atoms with Crippen LogP contribution in [-0.4, -0.2) is 56.5 Å². The van der Waals surface area contributed by atoms with Crippen molar-refractivity contribution in [2.45, 2.75) is 19.3 Å². The second-order valence-corrected chi connectivity index (χ2v) is 4.59. The number of nitrogens with one attached hydrogen (secondary N) is 1. The first kappa shape index (κ1) is 15.9. The van der Waals surface area contributed by atoms with E-state index in [0.29, 0.717) is 13.0 Å². The molecule has 0 radical (unpaired) electrons. The van der Waals surface area contributed by atoms with E-state index < -0.39 is 0 Å². The number of carbonyl (C=O) groups excluding carboxylic acids is 1. The zero-order valence-electron chi connectivity index (χ0n) is 10.3. The number of rotatable bonds is 10. The van der Waals surface area contributed by atoms with E-state index in [2.05, 4.69) is 26.1 Å². The Morgan fingerprint density at radius 2 is 2.12 bits per heavy atom. The average Bonchev–Trinajstić information content (AvgIpc) is 2.26. The maximum absolute atomic E-state index is 11.3. The van der Waals surface area contributed by atoms with Crippen LogP contribution in [0.15, 0.2) is 0 Å². The first-order chi connectivity index (χ1) is 7.70. The van der Waals surface area contributed by atoms with Gasteiger partial charge >= 0.3 is 0 Å². The van der Waals surface area contributed by atoms with Crippen molar-refractivity contribution in [2.24, 2.45) is 0 Å². The van der Waals surface area contributed by atoms with Gasteiger partial charge in [-0.25, -0.2) is 0 Å². The van der Waals surface area contributed by atoms with Gasteiger partial charge in [0, 0.05) is 38.5 Å². The molecule has 0 unspecified atom stereocenters. The molecule has 0 aliphatic carbocycles. The van der Waals surface area contributed by atoms with Crippen LogP contribution in [0.5, 0.6) is 0 Å². The standard InChI is InChI=1S/C11H23BrN2O2/c1-14(9-10-16-2)8-7-13-11(15)5-3-4-6-12/h3-10H2,1-2H3,(H,13,15). The molecule has 0 heterocycles. The van der Waals surface area contributed by atoms with Gasteiger partial charge < -0.3 is 15.0 Å². The lowest BCUT2D eigenvalue weighted by molar-refractivity contribution is -0.121. The summed E-state index contributed by atoms with van der Waals surface area (Å²) in [5.74, 6) is 0.154. The second-order valence-electron chi connectivity index (χ2n) is 3.79. The Morgan fingerprint density at radius 1 is 1.38 bits per heavy atom. The summed E-state index contributed by atoms with van der Waals surface area (Å²) in [6.07, 6.45) is 2.64. The Morgan fingerprint density at radius 3 is 2.75 bits per heavy atom. The summed E-state index contributed by atoms with van der Waals surface area (Å²) in [4.78, 5) is 13.5. The molecule has 0 aliphatic rings. The van der Waals surface area contributed by atoms with Gasteiger partial charge in [0.05, 0.1) is 6.61 Å². The Balaban J connectivity index is 3.32. The molecule has 4 nitrogen and oxygen atoms in total. The van der Waals surface area contributed by atoms with Crippen LogP contribution >= 0.6 is 15.9 Å². The normalized spacial score (nSPS) is 10.8. The number of nitrogens with zero attached hydrogens (tertiary/aromatic N) is 1. The fourth-order valence-electron chi connectivity index (χ4n) is 1.21. The van der Waals surface area contributed by atoms with Crippen LogP contribution in [0, 0.1) is 0 Å². The summed E-state index contributed by atoms with van der Waals surface area (Å²) in [6, 6.07) is 0. The van der Waals surface area contributed by atoms with Crippen LogP contribution in [0.2, 0.25) is 0 Å². The highest BCUT2D eigenvalue weighted by molar-refractivity contribution is 9.09. The van der Waals surface area contributed by atoms with Crippen LogP contribution in [0.25, 0.3) is 0 Å². The molecule has 0 aromatic heterocycles. The first-order valence-corrected chi connectivity index (χ1v) is 6.83. The third kappa shape index (κ3) is 10.4. The molecule has 0 spiro atoms. The number of unbranched alkanes of at least 4 members (excludes halogenated alkanes) is 1. The fraction of sp³-hybridized carbons (Fsp3) is 0.909. The van der Waals surface area contributed by atoms with Crippen LogP contribution in [0.4, 0.5) is 0 Å². The summed E-state index contributed by atoms with van der Waals surface area (Å²) >= 11 is 3.35. The molecule has 0 rings (SSSR count). The Kier molecular flexibility index (Phi) is 11.3. The van der Waals surface area contributed by atoms with Gasteiger partial charge in [0.2, 0.25) is 5.91 Å². The number of ether oxygens (including phenoxy) is 1. The topological polar surface area (TPSA) is 41.6 Å². The molecular formula is C11H23BrN2O2. The number of carbonyl (C=O) groups is 1. The maximum Gasteiger partial charge on any atom is 0.220 e. The molecule has 0 atom stereocenters. The van der Waals surface area contributed by atoms with Crippen LogP contribution in [0.3, 0.4) is 0 Å². The highest BCUT2D eigenvalue weighted by Crippen LogP contribution is 1.97. The zero-order valence-corrected chi connectivity index (χ0v) is 11.9. The quantitative estimate of drug-likeness (QED) is 0.487. The lowest BCUT2D eigenvalue weighted by atomic mass is 10.2. The van der Waals surface area contributed by atoms with E-state index >= 15 is 0 Å². The number of amides is 1. The number of likely N-dealkylation sites (N-methyl/N-ethyl adjacent to an activating group) is 1. The number of hydrogen-bond donors (Lipinski definition) is 1. The van der Waals surface area contributed by atoms with E-state index in [0.717, 1.165) is 37.9 Å². The van der Waals surface area contributed by atoms with Gasteiger partial charge in [0.1, 0.15) is 0 Å². The number of methoxy groups -OCH3 is 1. The van der Waals surface area contributed by atoms with Gasteiger partial charge in [-0.05, 0) is 19.9 Å². The van der Waals surface area contributed by atoms with Crippen molar-refractivity contribution in [3.63, 3.8) is 0 Å². The molecule has 0 fully saturated rings. The monoisotopic (exact) mass is 294 g/mol. The van der Waals surface area contributed by atoms with Crippen molar-refractivity contribution in [1.29, 1.82) is 0 Å². The summed E-state index contributed by atoms with van der Waals surface area (Å²) in [6.45, 7) is 3.21. The predicted molar refractivity (Wildman–Crippen MR) is 70.0 cm³/mol. The lowest BCUT2D eigenvalue weighted by Gasteiger charge is -2.16.